The zero-order valence-electron chi connectivity index (χ0n) is 14.8. The minimum Gasteiger partial charge on any atom is -0.469 e. The molecule has 2 aromatic rings. The van der Waals surface area contributed by atoms with E-state index in [1.807, 2.05) is 0 Å². The Hall–Kier alpha value is -2.70. The number of nitrogens with one attached hydrogen (secondary N) is 1. The predicted octanol–water partition coefficient (Wildman–Crippen LogP) is 3.75. The number of carbonyl (C=O) groups is 2. The number of rotatable bonds is 4. The summed E-state index contributed by atoms with van der Waals surface area (Å²) in [7, 11) is 0. The standard InChI is InChI=1S/C19H16N4O3S2/c20-9-11-16(14-5-2-7-26-14)17-12(3-1-4-13(17)24)22-18(11)28-10-15(25)23-19-21-6-8-27-19/h2,5-8,11,16H,1,3-4,10H2,(H,21,23,25)/t11?,16-/m1/s1. The molecule has 9 heteroatoms. The molecular weight excluding hydrogens is 396 g/mol. The van der Waals surface area contributed by atoms with Crippen LogP contribution in [0.15, 0.2) is 50.7 Å². The molecule has 0 bridgehead atoms. The topological polar surface area (TPSA) is 108 Å². The van der Waals surface area contributed by atoms with Crippen LogP contribution in [-0.4, -0.2) is 27.5 Å². The van der Waals surface area contributed by atoms with Crippen LogP contribution in [0, 0.1) is 17.2 Å². The van der Waals surface area contributed by atoms with Crippen molar-refractivity contribution in [1.82, 2.24) is 4.98 Å². The number of thioether (sulfide) groups is 1. The first-order valence-corrected chi connectivity index (χ1v) is 10.6. The van der Waals surface area contributed by atoms with Gasteiger partial charge >= 0.3 is 0 Å². The van der Waals surface area contributed by atoms with Crippen LogP contribution < -0.4 is 5.32 Å². The highest BCUT2D eigenvalue weighted by atomic mass is 32.2. The zero-order chi connectivity index (χ0) is 19.5. The number of thiazole rings is 1. The molecule has 0 saturated heterocycles. The van der Waals surface area contributed by atoms with Crippen molar-refractivity contribution in [2.45, 2.75) is 25.2 Å². The maximum atomic E-state index is 12.6. The van der Waals surface area contributed by atoms with E-state index in [0.29, 0.717) is 40.0 Å². The summed E-state index contributed by atoms with van der Waals surface area (Å²) >= 11 is 2.56. The Balaban J connectivity index is 1.60. The van der Waals surface area contributed by atoms with Gasteiger partial charge in [-0.25, -0.2) is 9.98 Å². The molecule has 1 N–H and O–H groups in total. The number of aliphatic imine (C=N–C) groups is 1. The van der Waals surface area contributed by atoms with E-state index < -0.39 is 11.8 Å². The van der Waals surface area contributed by atoms with Crippen molar-refractivity contribution in [1.29, 1.82) is 5.26 Å². The number of allylic oxidation sites excluding steroid dienone is 2. The van der Waals surface area contributed by atoms with Gasteiger partial charge in [0.05, 0.1) is 29.0 Å². The van der Waals surface area contributed by atoms with Crippen molar-refractivity contribution in [2.24, 2.45) is 10.9 Å². The summed E-state index contributed by atoms with van der Waals surface area (Å²) in [6.45, 7) is 0. The molecule has 142 valence electrons. The molecule has 4 rings (SSSR count). The first-order valence-electron chi connectivity index (χ1n) is 8.77. The van der Waals surface area contributed by atoms with Gasteiger partial charge < -0.3 is 9.73 Å². The summed E-state index contributed by atoms with van der Waals surface area (Å²) in [6.07, 6.45) is 5.05. The molecule has 2 aromatic heterocycles. The number of aromatic nitrogens is 1. The minimum absolute atomic E-state index is 0.0252. The Bertz CT molecular complexity index is 987. The molecule has 0 fully saturated rings. The Morgan fingerprint density at radius 2 is 2.36 bits per heavy atom. The molecule has 1 unspecified atom stereocenters. The number of ketones is 1. The van der Waals surface area contributed by atoms with Crippen molar-refractivity contribution >= 4 is 45.0 Å². The van der Waals surface area contributed by atoms with Gasteiger partial charge in [0.25, 0.3) is 0 Å². The molecule has 2 aliphatic rings. The summed E-state index contributed by atoms with van der Waals surface area (Å²) in [4.78, 5) is 33.4. The van der Waals surface area contributed by atoms with Gasteiger partial charge in [0, 0.05) is 29.3 Å². The molecule has 0 saturated carbocycles. The number of nitrogens with zero attached hydrogens (tertiary/aromatic N) is 3. The van der Waals surface area contributed by atoms with Crippen LogP contribution in [0.4, 0.5) is 5.13 Å². The van der Waals surface area contributed by atoms with E-state index in [0.717, 1.165) is 6.42 Å². The summed E-state index contributed by atoms with van der Waals surface area (Å²) < 4.78 is 5.56. The van der Waals surface area contributed by atoms with Crippen LogP contribution in [0.2, 0.25) is 0 Å². The van der Waals surface area contributed by atoms with E-state index in [2.05, 4.69) is 21.4 Å². The molecule has 1 aliphatic heterocycles. The average molecular weight is 412 g/mol. The fourth-order valence-corrected chi connectivity index (χ4v) is 4.87. The smallest absolute Gasteiger partial charge is 0.236 e. The number of hydrogen-bond acceptors (Lipinski definition) is 8. The van der Waals surface area contributed by atoms with E-state index in [1.165, 1.54) is 29.4 Å². The highest BCUT2D eigenvalue weighted by Gasteiger charge is 2.42. The van der Waals surface area contributed by atoms with Gasteiger partial charge in [-0.15, -0.1) is 11.3 Å². The number of hydrogen-bond donors (Lipinski definition) is 1. The highest BCUT2D eigenvalue weighted by molar-refractivity contribution is 8.14. The monoisotopic (exact) mass is 412 g/mol. The molecule has 0 spiro atoms. The van der Waals surface area contributed by atoms with Gasteiger partial charge in [0.2, 0.25) is 5.91 Å². The summed E-state index contributed by atoms with van der Waals surface area (Å²) in [5.74, 6) is -0.646. The molecule has 7 nitrogen and oxygen atoms in total. The molecule has 2 atom stereocenters. The average Bonchev–Trinajstić information content (AvgIpc) is 3.39. The van der Waals surface area contributed by atoms with Gasteiger partial charge in [-0.2, -0.15) is 5.26 Å². The number of anilines is 1. The highest BCUT2D eigenvalue weighted by Crippen LogP contribution is 2.44. The van der Waals surface area contributed by atoms with Crippen LogP contribution in [0.25, 0.3) is 0 Å². The van der Waals surface area contributed by atoms with E-state index in [-0.39, 0.29) is 17.4 Å². The van der Waals surface area contributed by atoms with Crippen LogP contribution >= 0.6 is 23.1 Å². The Morgan fingerprint density at radius 1 is 1.46 bits per heavy atom. The van der Waals surface area contributed by atoms with Crippen molar-refractivity contribution in [3.05, 3.63) is 47.0 Å². The van der Waals surface area contributed by atoms with Gasteiger partial charge in [-0.05, 0) is 25.0 Å². The lowest BCUT2D eigenvalue weighted by molar-refractivity contribution is -0.116. The van der Waals surface area contributed by atoms with Crippen LogP contribution in [-0.2, 0) is 9.59 Å². The molecule has 0 aromatic carbocycles. The fourth-order valence-electron chi connectivity index (χ4n) is 3.43. The molecular formula is C19H16N4O3S2. The summed E-state index contributed by atoms with van der Waals surface area (Å²) in [6, 6.07) is 5.80. The normalized spacial score (nSPS) is 21.7. The molecule has 0 radical (unpaired) electrons. The largest absolute Gasteiger partial charge is 0.469 e. The van der Waals surface area contributed by atoms with Crippen molar-refractivity contribution in [3.63, 3.8) is 0 Å². The quantitative estimate of drug-likeness (QED) is 0.819. The lowest BCUT2D eigenvalue weighted by Gasteiger charge is -2.31. The number of Topliss-reactive ketones (excluding diaryl/α,β-unsaturated/α-hetero) is 1. The first-order chi connectivity index (χ1) is 13.7. The van der Waals surface area contributed by atoms with E-state index >= 15 is 0 Å². The van der Waals surface area contributed by atoms with Gasteiger partial charge in [-0.3, -0.25) is 9.59 Å². The molecule has 1 amide bonds. The van der Waals surface area contributed by atoms with Crippen molar-refractivity contribution in [2.75, 3.05) is 11.1 Å². The lowest BCUT2D eigenvalue weighted by atomic mass is 9.76. The van der Waals surface area contributed by atoms with Crippen molar-refractivity contribution in [3.8, 4) is 6.07 Å². The van der Waals surface area contributed by atoms with E-state index in [1.54, 1.807) is 23.7 Å². The summed E-state index contributed by atoms with van der Waals surface area (Å²) in [5.41, 5.74) is 1.30. The third kappa shape index (κ3) is 3.66. The second-order valence-corrected chi connectivity index (χ2v) is 8.25. The maximum absolute atomic E-state index is 12.6. The van der Waals surface area contributed by atoms with Crippen molar-refractivity contribution < 1.29 is 14.0 Å². The SMILES string of the molecule is N#CC1C(SCC(=O)Nc2nccs2)=NC2=C(C(=O)CCC2)[C@H]1c1ccco1. The number of nitriles is 1. The second-order valence-electron chi connectivity index (χ2n) is 6.36. The minimum atomic E-state index is -0.662. The van der Waals surface area contributed by atoms with Crippen LogP contribution in [0.5, 0.6) is 0 Å². The molecule has 1 aliphatic carbocycles. The summed E-state index contributed by atoms with van der Waals surface area (Å²) in [5, 5.41) is 15.4. The third-order valence-corrected chi connectivity index (χ3v) is 6.34. The Morgan fingerprint density at radius 3 is 3.07 bits per heavy atom. The third-order valence-electron chi connectivity index (χ3n) is 4.60. The van der Waals surface area contributed by atoms with Crippen LogP contribution in [0.1, 0.15) is 30.9 Å². The lowest BCUT2D eigenvalue weighted by Crippen LogP contribution is -2.31. The number of carbonyl (C=O) groups excluding carboxylic acids is 2. The van der Waals surface area contributed by atoms with Crippen LogP contribution in [0.3, 0.4) is 0 Å². The second kappa shape index (κ2) is 8.12. The molecule has 3 heterocycles. The number of amides is 1. The van der Waals surface area contributed by atoms with E-state index in [9.17, 15) is 14.9 Å². The Labute approximate surface area is 169 Å². The zero-order valence-corrected chi connectivity index (χ0v) is 16.4. The molecule has 28 heavy (non-hydrogen) atoms. The number of furan rings is 1. The van der Waals surface area contributed by atoms with E-state index in [4.69, 9.17) is 4.42 Å². The van der Waals surface area contributed by atoms with Gasteiger partial charge in [-0.1, -0.05) is 11.8 Å². The predicted molar refractivity (Wildman–Crippen MR) is 107 cm³/mol. The fraction of sp³-hybridized carbons (Fsp3) is 0.316. The Kier molecular flexibility index (Phi) is 5.41. The van der Waals surface area contributed by atoms with Gasteiger partial charge in [0.1, 0.15) is 11.7 Å². The van der Waals surface area contributed by atoms with Gasteiger partial charge in [0.15, 0.2) is 10.9 Å². The first kappa shape index (κ1) is 18.7. The maximum Gasteiger partial charge on any atom is 0.236 e.